The Bertz CT molecular complexity index is 1370. The van der Waals surface area contributed by atoms with Crippen LogP contribution in [0.1, 0.15) is 22.5 Å². The molecule has 0 aliphatic heterocycles. The zero-order chi connectivity index (χ0) is 23.8. The summed E-state index contributed by atoms with van der Waals surface area (Å²) in [7, 11) is 0. The number of ether oxygens (including phenoxy) is 2. The summed E-state index contributed by atoms with van der Waals surface area (Å²) in [5, 5.41) is -0.0857. The summed E-state index contributed by atoms with van der Waals surface area (Å²) < 4.78 is 70.4. The van der Waals surface area contributed by atoms with E-state index >= 15 is 0 Å². The monoisotopic (exact) mass is 458 g/mol. The highest BCUT2D eigenvalue weighted by Gasteiger charge is 2.40. The van der Waals surface area contributed by atoms with E-state index in [0.29, 0.717) is 11.1 Å². The Morgan fingerprint density at radius 3 is 2.36 bits per heavy atom. The molecule has 0 atom stereocenters. The van der Waals surface area contributed by atoms with Gasteiger partial charge >= 0.3 is 6.18 Å². The zero-order valence-corrected chi connectivity index (χ0v) is 17.6. The summed E-state index contributed by atoms with van der Waals surface area (Å²) in [6.07, 6.45) is -4.97. The predicted octanol–water partition coefficient (Wildman–Crippen LogP) is 6.94. The third-order valence-electron chi connectivity index (χ3n) is 4.95. The van der Waals surface area contributed by atoms with E-state index in [0.717, 1.165) is 5.56 Å². The summed E-state index contributed by atoms with van der Waals surface area (Å²) in [5.41, 5.74) is 0.744. The second-order valence-corrected chi connectivity index (χ2v) is 7.53. The second-order valence-electron chi connectivity index (χ2n) is 7.53. The molecule has 4 rings (SSSR count). The van der Waals surface area contributed by atoms with Crippen LogP contribution in [0.15, 0.2) is 69.9 Å². The smallest absolute Gasteiger partial charge is 0.453 e. The van der Waals surface area contributed by atoms with E-state index < -0.39 is 28.9 Å². The van der Waals surface area contributed by atoms with Crippen molar-refractivity contribution < 1.29 is 31.5 Å². The van der Waals surface area contributed by atoms with E-state index in [1.807, 2.05) is 0 Å². The first-order valence-electron chi connectivity index (χ1n) is 9.92. The van der Waals surface area contributed by atoms with Crippen LogP contribution in [-0.2, 0) is 12.8 Å². The summed E-state index contributed by atoms with van der Waals surface area (Å²) in [5.74, 6) is -2.54. The van der Waals surface area contributed by atoms with Crippen molar-refractivity contribution in [2.45, 2.75) is 26.6 Å². The van der Waals surface area contributed by atoms with Crippen molar-refractivity contribution in [2.75, 3.05) is 0 Å². The van der Waals surface area contributed by atoms with Crippen molar-refractivity contribution in [3.63, 3.8) is 0 Å². The molecule has 170 valence electrons. The first kappa shape index (κ1) is 22.4. The molecule has 0 bridgehead atoms. The van der Waals surface area contributed by atoms with Crippen LogP contribution in [0.4, 0.5) is 17.6 Å². The van der Waals surface area contributed by atoms with Crippen molar-refractivity contribution in [1.82, 2.24) is 0 Å². The molecule has 1 aromatic heterocycles. The van der Waals surface area contributed by atoms with Gasteiger partial charge in [-0.2, -0.15) is 13.2 Å². The summed E-state index contributed by atoms with van der Waals surface area (Å²) >= 11 is 0. The number of hydrogen-bond donors (Lipinski definition) is 0. The largest absolute Gasteiger partial charge is 0.489 e. The number of rotatable bonds is 5. The van der Waals surface area contributed by atoms with Gasteiger partial charge in [-0.25, -0.2) is 4.39 Å². The fourth-order valence-electron chi connectivity index (χ4n) is 3.20. The molecule has 0 N–H and O–H groups in total. The van der Waals surface area contributed by atoms with Crippen LogP contribution in [-0.4, -0.2) is 0 Å². The van der Waals surface area contributed by atoms with Gasteiger partial charge in [0.25, 0.3) is 5.76 Å². The van der Waals surface area contributed by atoms with Crippen LogP contribution in [0.25, 0.3) is 11.0 Å². The number of hydrogen-bond acceptors (Lipinski definition) is 4. The SMILES string of the molecule is Cc1ccc(C)c(Oc2c(C(F)(F)F)oc3cc(OCc4ccc(F)cc4)ccc3c2=O)c1. The molecule has 0 amide bonds. The van der Waals surface area contributed by atoms with Crippen LogP contribution in [0, 0.1) is 19.7 Å². The zero-order valence-electron chi connectivity index (χ0n) is 17.6. The second kappa shape index (κ2) is 8.61. The van der Waals surface area contributed by atoms with Gasteiger partial charge in [0.1, 0.15) is 29.5 Å². The minimum absolute atomic E-state index is 0.0516. The van der Waals surface area contributed by atoms with Crippen molar-refractivity contribution in [2.24, 2.45) is 0 Å². The number of fused-ring (bicyclic) bond motifs is 1. The number of halogens is 4. The van der Waals surface area contributed by atoms with Gasteiger partial charge < -0.3 is 13.9 Å². The first-order chi connectivity index (χ1) is 15.6. The average molecular weight is 458 g/mol. The number of alkyl halides is 3. The van der Waals surface area contributed by atoms with Crippen molar-refractivity contribution in [3.8, 4) is 17.2 Å². The van der Waals surface area contributed by atoms with Gasteiger partial charge in [0.15, 0.2) is 0 Å². The highest BCUT2D eigenvalue weighted by atomic mass is 19.4. The Labute approximate surface area is 186 Å². The maximum Gasteiger partial charge on any atom is 0.453 e. The lowest BCUT2D eigenvalue weighted by molar-refractivity contribution is -0.154. The van der Waals surface area contributed by atoms with Crippen LogP contribution in [0.3, 0.4) is 0 Å². The van der Waals surface area contributed by atoms with E-state index in [9.17, 15) is 22.4 Å². The van der Waals surface area contributed by atoms with Gasteiger partial charge in [0.05, 0.1) is 5.39 Å². The molecule has 0 saturated heterocycles. The highest BCUT2D eigenvalue weighted by Crippen LogP contribution is 2.39. The minimum Gasteiger partial charge on any atom is -0.489 e. The van der Waals surface area contributed by atoms with Crippen LogP contribution in [0.5, 0.6) is 17.2 Å². The van der Waals surface area contributed by atoms with E-state index in [2.05, 4.69) is 0 Å². The molecule has 1 heterocycles. The topological polar surface area (TPSA) is 48.7 Å². The van der Waals surface area contributed by atoms with Gasteiger partial charge in [0.2, 0.25) is 11.2 Å². The summed E-state index contributed by atoms with van der Waals surface area (Å²) in [6.45, 7) is 3.47. The maximum atomic E-state index is 13.8. The quantitative estimate of drug-likeness (QED) is 0.304. The molecule has 4 nitrogen and oxygen atoms in total. The number of aryl methyl sites for hydroxylation is 2. The molecular weight excluding hydrogens is 440 g/mol. The maximum absolute atomic E-state index is 13.8. The molecule has 3 aromatic carbocycles. The standard InChI is InChI=1S/C25H18F4O4/c1-14-3-4-15(2)20(11-14)32-23-22(30)19-10-9-18(12-21(19)33-24(23)25(27,28)29)31-13-16-5-7-17(26)8-6-16/h3-12H,13H2,1-2H3. The van der Waals surface area contributed by atoms with Crippen molar-refractivity contribution >= 4 is 11.0 Å². The first-order valence-corrected chi connectivity index (χ1v) is 9.92. The fraction of sp³-hybridized carbons (Fsp3) is 0.160. The molecule has 4 aromatic rings. The Kier molecular flexibility index (Phi) is 5.84. The Morgan fingerprint density at radius 2 is 1.67 bits per heavy atom. The lowest BCUT2D eigenvalue weighted by Crippen LogP contribution is -2.15. The average Bonchev–Trinajstić information content (AvgIpc) is 2.76. The Hall–Kier alpha value is -3.81. The van der Waals surface area contributed by atoms with Crippen molar-refractivity contribution in [3.05, 3.63) is 99.2 Å². The van der Waals surface area contributed by atoms with Gasteiger partial charge in [-0.3, -0.25) is 4.79 Å². The molecule has 0 aliphatic carbocycles. The minimum atomic E-state index is -4.97. The molecule has 0 unspecified atom stereocenters. The van der Waals surface area contributed by atoms with Crippen LogP contribution < -0.4 is 14.9 Å². The van der Waals surface area contributed by atoms with E-state index in [4.69, 9.17) is 13.9 Å². The fourth-order valence-corrected chi connectivity index (χ4v) is 3.20. The molecule has 0 radical (unpaired) electrons. The van der Waals surface area contributed by atoms with Gasteiger partial charge in [-0.1, -0.05) is 24.3 Å². The highest BCUT2D eigenvalue weighted by molar-refractivity contribution is 5.79. The summed E-state index contributed by atoms with van der Waals surface area (Å²) in [4.78, 5) is 13.0. The molecule has 8 heteroatoms. The van der Waals surface area contributed by atoms with Gasteiger partial charge in [-0.05, 0) is 60.9 Å². The lowest BCUT2D eigenvalue weighted by Gasteiger charge is -2.15. The molecular formula is C25H18F4O4. The van der Waals surface area contributed by atoms with Crippen LogP contribution in [0.2, 0.25) is 0 Å². The lowest BCUT2D eigenvalue weighted by atomic mass is 10.1. The van der Waals surface area contributed by atoms with Crippen LogP contribution >= 0.6 is 0 Å². The summed E-state index contributed by atoms with van der Waals surface area (Å²) in [6, 6.07) is 14.6. The number of benzene rings is 3. The molecule has 0 saturated carbocycles. The normalized spacial score (nSPS) is 11.6. The third kappa shape index (κ3) is 4.84. The Balaban J connectivity index is 1.74. The molecule has 0 fully saturated rings. The van der Waals surface area contributed by atoms with E-state index in [-0.39, 0.29) is 29.1 Å². The van der Waals surface area contributed by atoms with E-state index in [1.54, 1.807) is 32.0 Å². The van der Waals surface area contributed by atoms with Gasteiger partial charge in [-0.15, -0.1) is 0 Å². The van der Waals surface area contributed by atoms with Crippen molar-refractivity contribution in [1.29, 1.82) is 0 Å². The van der Waals surface area contributed by atoms with Gasteiger partial charge in [0, 0.05) is 6.07 Å². The molecule has 0 aliphatic rings. The molecule has 0 spiro atoms. The third-order valence-corrected chi connectivity index (χ3v) is 4.95. The Morgan fingerprint density at radius 1 is 0.939 bits per heavy atom. The van der Waals surface area contributed by atoms with E-state index in [1.165, 1.54) is 42.5 Å². The molecule has 33 heavy (non-hydrogen) atoms. The predicted molar refractivity (Wildman–Crippen MR) is 114 cm³/mol.